The summed E-state index contributed by atoms with van der Waals surface area (Å²) in [5.41, 5.74) is 0.0268. The van der Waals surface area contributed by atoms with Crippen molar-refractivity contribution in [3.05, 3.63) is 32.6 Å². The van der Waals surface area contributed by atoms with E-state index in [2.05, 4.69) is 6.92 Å². The Balaban J connectivity index is 2.30. The van der Waals surface area contributed by atoms with Crippen LogP contribution in [0, 0.1) is 12.8 Å². The van der Waals surface area contributed by atoms with Crippen LogP contribution in [-0.2, 0) is 16.0 Å². The molecule has 6 nitrogen and oxygen atoms in total. The highest BCUT2D eigenvalue weighted by molar-refractivity contribution is 5.03. The molecule has 21 heavy (non-hydrogen) atoms. The number of aryl methyl sites for hydroxylation is 1. The van der Waals surface area contributed by atoms with Crippen molar-refractivity contribution in [2.75, 3.05) is 13.2 Å². The van der Waals surface area contributed by atoms with Crippen molar-refractivity contribution in [2.45, 2.75) is 53.0 Å². The van der Waals surface area contributed by atoms with Crippen molar-refractivity contribution in [3.8, 4) is 0 Å². The van der Waals surface area contributed by atoms with Crippen LogP contribution < -0.4 is 11.2 Å². The van der Waals surface area contributed by atoms with Crippen LogP contribution in [0.4, 0.5) is 0 Å². The van der Waals surface area contributed by atoms with Crippen LogP contribution >= 0.6 is 0 Å². The average Bonchev–Trinajstić information content (AvgIpc) is 2.82. The van der Waals surface area contributed by atoms with Crippen LogP contribution in [0.5, 0.6) is 0 Å². The molecule has 2 rings (SSSR count). The molecule has 1 fully saturated rings. The monoisotopic (exact) mass is 296 g/mol. The molecule has 1 aliphatic heterocycles. The summed E-state index contributed by atoms with van der Waals surface area (Å²) >= 11 is 0. The Morgan fingerprint density at radius 3 is 2.71 bits per heavy atom. The Labute approximate surface area is 124 Å². The molecule has 0 bridgehead atoms. The fraction of sp³-hybridized carbons (Fsp3) is 0.733. The first-order valence-corrected chi connectivity index (χ1v) is 7.55. The van der Waals surface area contributed by atoms with Gasteiger partial charge < -0.3 is 9.47 Å². The minimum Gasteiger partial charge on any atom is -0.379 e. The van der Waals surface area contributed by atoms with E-state index in [0.29, 0.717) is 31.2 Å². The molecule has 0 N–H and O–H groups in total. The summed E-state index contributed by atoms with van der Waals surface area (Å²) < 4.78 is 14.2. The molecule has 118 valence electrons. The van der Waals surface area contributed by atoms with Crippen LogP contribution in [0.15, 0.2) is 15.8 Å². The molecule has 0 aliphatic carbocycles. The number of aromatic nitrogens is 2. The van der Waals surface area contributed by atoms with Crippen LogP contribution in [-0.4, -0.2) is 28.5 Å². The quantitative estimate of drug-likeness (QED) is 0.821. The normalized spacial score (nSPS) is 25.4. The zero-order valence-corrected chi connectivity index (χ0v) is 13.2. The van der Waals surface area contributed by atoms with Crippen molar-refractivity contribution in [1.82, 2.24) is 9.13 Å². The topological polar surface area (TPSA) is 62.5 Å². The van der Waals surface area contributed by atoms with Crippen molar-refractivity contribution in [1.29, 1.82) is 0 Å². The Morgan fingerprint density at radius 2 is 2.10 bits per heavy atom. The molecule has 0 radical (unpaired) electrons. The summed E-state index contributed by atoms with van der Waals surface area (Å²) in [5.74, 6) is 0.316. The molecule has 1 unspecified atom stereocenters. The van der Waals surface area contributed by atoms with E-state index in [1.54, 1.807) is 24.6 Å². The molecule has 1 saturated heterocycles. The van der Waals surface area contributed by atoms with Crippen molar-refractivity contribution in [2.24, 2.45) is 5.92 Å². The van der Waals surface area contributed by atoms with Crippen LogP contribution in [0.2, 0.25) is 0 Å². The minimum absolute atomic E-state index is 0.0100. The van der Waals surface area contributed by atoms with Gasteiger partial charge in [0.1, 0.15) is 6.23 Å². The lowest BCUT2D eigenvalue weighted by Crippen LogP contribution is -2.41. The van der Waals surface area contributed by atoms with Crippen LogP contribution in [0.1, 0.15) is 39.0 Å². The number of rotatable bonds is 5. The highest BCUT2D eigenvalue weighted by atomic mass is 16.6. The average molecular weight is 296 g/mol. The lowest BCUT2D eigenvalue weighted by Gasteiger charge is -2.18. The summed E-state index contributed by atoms with van der Waals surface area (Å²) in [6, 6.07) is 0. The number of hydrogen-bond acceptors (Lipinski definition) is 4. The van der Waals surface area contributed by atoms with Crippen LogP contribution in [0.3, 0.4) is 0 Å². The smallest absolute Gasteiger partial charge is 0.333 e. The maximum Gasteiger partial charge on any atom is 0.333 e. The molecule has 0 spiro atoms. The van der Waals surface area contributed by atoms with Gasteiger partial charge in [-0.05, 0) is 33.1 Å². The Kier molecular flexibility index (Phi) is 5.00. The first-order chi connectivity index (χ1) is 9.99. The number of ether oxygens (including phenoxy) is 2. The predicted molar refractivity (Wildman–Crippen MR) is 79.6 cm³/mol. The zero-order valence-electron chi connectivity index (χ0n) is 13.2. The summed E-state index contributed by atoms with van der Waals surface area (Å²) in [6.07, 6.45) is 2.02. The lowest BCUT2D eigenvalue weighted by molar-refractivity contribution is -0.0482. The molecule has 3 atom stereocenters. The van der Waals surface area contributed by atoms with Crippen LogP contribution in [0.25, 0.3) is 0 Å². The van der Waals surface area contributed by atoms with E-state index in [4.69, 9.17) is 9.47 Å². The summed E-state index contributed by atoms with van der Waals surface area (Å²) in [6.45, 7) is 9.11. The maximum atomic E-state index is 12.4. The second kappa shape index (κ2) is 6.58. The van der Waals surface area contributed by atoms with Gasteiger partial charge in [0.05, 0.1) is 12.7 Å². The molecule has 2 heterocycles. The molecule has 6 heteroatoms. The van der Waals surface area contributed by atoms with Crippen molar-refractivity contribution >= 4 is 0 Å². The van der Waals surface area contributed by atoms with Gasteiger partial charge in [0, 0.05) is 24.9 Å². The van der Waals surface area contributed by atoms with Gasteiger partial charge in [-0.2, -0.15) is 0 Å². The standard InChI is InChI=1S/C15H24N2O4/c1-5-16-14(18)11(4)8-17(15(16)19)13-7-10(3)12(21-13)9-20-6-2/h8,10,12-13H,5-7,9H2,1-4H3/t10?,12-,13-/m1/s1. The number of nitrogens with zero attached hydrogens (tertiary/aromatic N) is 2. The van der Waals surface area contributed by atoms with E-state index in [1.807, 2.05) is 6.92 Å². The van der Waals surface area contributed by atoms with E-state index < -0.39 is 0 Å². The van der Waals surface area contributed by atoms with Gasteiger partial charge in [0.2, 0.25) is 0 Å². The summed E-state index contributed by atoms with van der Waals surface area (Å²) in [5, 5.41) is 0. The molecule has 0 saturated carbocycles. The summed E-state index contributed by atoms with van der Waals surface area (Å²) in [7, 11) is 0. The third kappa shape index (κ3) is 3.11. The molecular formula is C15H24N2O4. The first kappa shape index (κ1) is 16.0. The van der Waals surface area contributed by atoms with E-state index in [-0.39, 0.29) is 23.6 Å². The lowest BCUT2D eigenvalue weighted by atomic mass is 10.0. The molecular weight excluding hydrogens is 272 g/mol. The fourth-order valence-electron chi connectivity index (χ4n) is 2.72. The minimum atomic E-state index is -0.324. The highest BCUT2D eigenvalue weighted by Gasteiger charge is 2.34. The van der Waals surface area contributed by atoms with E-state index in [9.17, 15) is 9.59 Å². The second-order valence-electron chi connectivity index (χ2n) is 5.55. The molecule has 1 aliphatic rings. The van der Waals surface area contributed by atoms with Gasteiger partial charge in [0.25, 0.3) is 5.56 Å². The Morgan fingerprint density at radius 1 is 1.38 bits per heavy atom. The van der Waals surface area contributed by atoms with Gasteiger partial charge in [-0.15, -0.1) is 0 Å². The molecule has 1 aromatic rings. The van der Waals surface area contributed by atoms with Gasteiger partial charge >= 0.3 is 5.69 Å². The van der Waals surface area contributed by atoms with Crippen molar-refractivity contribution < 1.29 is 9.47 Å². The van der Waals surface area contributed by atoms with E-state index >= 15 is 0 Å². The van der Waals surface area contributed by atoms with Gasteiger partial charge in [0.15, 0.2) is 0 Å². The van der Waals surface area contributed by atoms with Gasteiger partial charge in [-0.3, -0.25) is 13.9 Å². The Bertz CT molecular complexity index is 605. The molecule has 1 aromatic heterocycles. The third-order valence-corrected chi connectivity index (χ3v) is 4.02. The largest absolute Gasteiger partial charge is 0.379 e. The fourth-order valence-corrected chi connectivity index (χ4v) is 2.72. The number of hydrogen-bond donors (Lipinski definition) is 0. The Hall–Kier alpha value is -1.40. The third-order valence-electron chi connectivity index (χ3n) is 4.02. The molecule has 0 amide bonds. The maximum absolute atomic E-state index is 12.4. The van der Waals surface area contributed by atoms with E-state index in [1.165, 1.54) is 4.57 Å². The highest BCUT2D eigenvalue weighted by Crippen LogP contribution is 2.32. The first-order valence-electron chi connectivity index (χ1n) is 7.55. The van der Waals surface area contributed by atoms with Gasteiger partial charge in [-0.1, -0.05) is 6.92 Å². The second-order valence-corrected chi connectivity index (χ2v) is 5.55. The van der Waals surface area contributed by atoms with Crippen molar-refractivity contribution in [3.63, 3.8) is 0 Å². The molecule has 0 aromatic carbocycles. The summed E-state index contributed by atoms with van der Waals surface area (Å²) in [4.78, 5) is 24.3. The van der Waals surface area contributed by atoms with Gasteiger partial charge in [-0.25, -0.2) is 4.79 Å². The predicted octanol–water partition coefficient (Wildman–Crippen LogP) is 1.30. The SMILES string of the molecule is CCOC[C@H]1O[C@@H](n2cc(C)c(=O)n(CC)c2=O)CC1C. The van der Waals surface area contributed by atoms with E-state index in [0.717, 1.165) is 6.42 Å². The zero-order chi connectivity index (χ0) is 15.6.